The molecule has 1 aliphatic heterocycles. The molecule has 1 saturated carbocycles. The summed E-state index contributed by atoms with van der Waals surface area (Å²) in [6.45, 7) is 6.29. The van der Waals surface area contributed by atoms with Gasteiger partial charge < -0.3 is 5.32 Å². The predicted molar refractivity (Wildman–Crippen MR) is 121 cm³/mol. The lowest BCUT2D eigenvalue weighted by molar-refractivity contribution is -0.126. The van der Waals surface area contributed by atoms with Crippen LogP contribution in [0, 0.1) is 26.7 Å². The van der Waals surface area contributed by atoms with Crippen molar-refractivity contribution in [2.24, 2.45) is 5.92 Å². The van der Waals surface area contributed by atoms with Crippen molar-refractivity contribution in [2.75, 3.05) is 13.1 Å². The Morgan fingerprint density at radius 1 is 1.00 bits per heavy atom. The molecule has 1 amide bonds. The van der Waals surface area contributed by atoms with Gasteiger partial charge in [0.15, 0.2) is 5.11 Å². The van der Waals surface area contributed by atoms with Crippen molar-refractivity contribution in [3.63, 3.8) is 0 Å². The molecule has 0 spiro atoms. The smallest absolute Gasteiger partial charge is 0.243 e. The van der Waals surface area contributed by atoms with Crippen LogP contribution < -0.4 is 16.2 Å². The van der Waals surface area contributed by atoms with Crippen LogP contribution in [0.1, 0.15) is 55.2 Å². The third kappa shape index (κ3) is 5.31. The lowest BCUT2D eigenvalue weighted by atomic mass is 9.98. The number of thiocarbonyl (C=S) groups is 1. The van der Waals surface area contributed by atoms with Gasteiger partial charge in [0.1, 0.15) is 0 Å². The number of benzene rings is 1. The fourth-order valence-electron chi connectivity index (χ4n) is 4.57. The Morgan fingerprint density at radius 2 is 1.57 bits per heavy atom. The Labute approximate surface area is 185 Å². The van der Waals surface area contributed by atoms with Crippen molar-refractivity contribution in [3.8, 4) is 0 Å². The number of nitrogens with one attached hydrogen (secondary N) is 3. The Morgan fingerprint density at radius 3 is 2.13 bits per heavy atom. The molecule has 1 saturated heterocycles. The molecule has 1 aromatic rings. The molecule has 0 aromatic heterocycles. The minimum absolute atomic E-state index is 0.148. The van der Waals surface area contributed by atoms with Crippen LogP contribution in [0.3, 0.4) is 0 Å². The summed E-state index contributed by atoms with van der Waals surface area (Å²) in [6, 6.07) is 4.17. The van der Waals surface area contributed by atoms with Gasteiger partial charge in [-0.1, -0.05) is 30.5 Å². The van der Waals surface area contributed by atoms with E-state index in [1.54, 1.807) is 0 Å². The molecule has 30 heavy (non-hydrogen) atoms. The number of piperidine rings is 1. The Hall–Kier alpha value is -1.71. The number of amides is 1. The molecule has 9 heteroatoms. The van der Waals surface area contributed by atoms with Gasteiger partial charge in [0.25, 0.3) is 0 Å². The highest BCUT2D eigenvalue weighted by atomic mass is 32.2. The number of aryl methyl sites for hydroxylation is 3. The monoisotopic (exact) mass is 452 g/mol. The topological polar surface area (TPSA) is 90.5 Å². The van der Waals surface area contributed by atoms with Gasteiger partial charge in [-0.3, -0.25) is 15.6 Å². The van der Waals surface area contributed by atoms with Crippen LogP contribution >= 0.6 is 12.2 Å². The second-order valence-corrected chi connectivity index (χ2v) is 10.8. The third-order valence-corrected chi connectivity index (χ3v) is 8.44. The molecule has 0 radical (unpaired) electrons. The number of sulfonamides is 1. The maximum absolute atomic E-state index is 13.2. The predicted octanol–water partition coefficient (Wildman–Crippen LogP) is 2.45. The highest BCUT2D eigenvalue weighted by Gasteiger charge is 2.33. The number of hydrogen-bond acceptors (Lipinski definition) is 4. The molecular weight excluding hydrogens is 420 g/mol. The first kappa shape index (κ1) is 23.0. The second kappa shape index (κ2) is 9.62. The fourth-order valence-corrected chi connectivity index (χ4v) is 6.67. The summed E-state index contributed by atoms with van der Waals surface area (Å²) in [4.78, 5) is 12.9. The molecule has 2 fully saturated rings. The molecule has 1 aromatic carbocycles. The van der Waals surface area contributed by atoms with Gasteiger partial charge >= 0.3 is 0 Å². The van der Waals surface area contributed by atoms with E-state index in [9.17, 15) is 13.2 Å². The summed E-state index contributed by atoms with van der Waals surface area (Å²) in [7, 11) is -3.57. The molecule has 0 unspecified atom stereocenters. The minimum Gasteiger partial charge on any atom is -0.359 e. The van der Waals surface area contributed by atoms with Gasteiger partial charge in [-0.15, -0.1) is 0 Å². The maximum Gasteiger partial charge on any atom is 0.243 e. The van der Waals surface area contributed by atoms with Crippen molar-refractivity contribution in [3.05, 3.63) is 28.8 Å². The number of rotatable bonds is 4. The van der Waals surface area contributed by atoms with Gasteiger partial charge in [-0.25, -0.2) is 8.42 Å². The van der Waals surface area contributed by atoms with E-state index in [4.69, 9.17) is 12.2 Å². The number of carbonyl (C=O) groups excluding carboxylic acids is 1. The van der Waals surface area contributed by atoms with Crippen LogP contribution in [0.15, 0.2) is 17.0 Å². The van der Waals surface area contributed by atoms with Crippen molar-refractivity contribution in [1.29, 1.82) is 0 Å². The van der Waals surface area contributed by atoms with Crippen LogP contribution in [-0.2, 0) is 14.8 Å². The van der Waals surface area contributed by atoms with Crippen molar-refractivity contribution >= 4 is 33.3 Å². The van der Waals surface area contributed by atoms with E-state index in [0.717, 1.165) is 29.5 Å². The van der Waals surface area contributed by atoms with Crippen LogP contribution in [0.4, 0.5) is 0 Å². The SMILES string of the molecule is Cc1cc(C)c(S(=O)(=O)N2CCC(C(=O)NNC(=S)NC3CCCC3)CC2)c(C)c1. The largest absolute Gasteiger partial charge is 0.359 e. The van der Waals surface area contributed by atoms with Crippen LogP contribution in [0.2, 0.25) is 0 Å². The lowest BCUT2D eigenvalue weighted by Gasteiger charge is -2.31. The molecule has 1 aliphatic carbocycles. The van der Waals surface area contributed by atoms with E-state index >= 15 is 0 Å². The zero-order valence-electron chi connectivity index (χ0n) is 18.0. The molecule has 3 N–H and O–H groups in total. The average molecular weight is 453 g/mol. The highest BCUT2D eigenvalue weighted by molar-refractivity contribution is 7.89. The van der Waals surface area contributed by atoms with Crippen molar-refractivity contribution in [1.82, 2.24) is 20.5 Å². The normalized spacial score (nSPS) is 18.9. The molecule has 1 heterocycles. The van der Waals surface area contributed by atoms with Gasteiger partial charge in [0.2, 0.25) is 15.9 Å². The van der Waals surface area contributed by atoms with E-state index in [1.165, 1.54) is 17.1 Å². The number of nitrogens with zero attached hydrogens (tertiary/aromatic N) is 1. The molecule has 166 valence electrons. The maximum atomic E-state index is 13.2. The zero-order chi connectivity index (χ0) is 21.9. The Balaban J connectivity index is 1.52. The summed E-state index contributed by atoms with van der Waals surface area (Å²) >= 11 is 5.24. The quantitative estimate of drug-likeness (QED) is 0.480. The molecule has 0 atom stereocenters. The van der Waals surface area contributed by atoms with Crippen molar-refractivity contribution < 1.29 is 13.2 Å². The van der Waals surface area contributed by atoms with E-state index < -0.39 is 10.0 Å². The summed E-state index contributed by atoms with van der Waals surface area (Å²) in [5, 5.41) is 3.65. The standard InChI is InChI=1S/C21H32N4O3S2/c1-14-12-15(2)19(16(3)13-14)30(27,28)25-10-8-17(9-11-25)20(26)23-24-21(29)22-18-6-4-5-7-18/h12-13,17-18H,4-11H2,1-3H3,(H,23,26)(H2,22,24,29). The molecule has 7 nitrogen and oxygen atoms in total. The number of hydrazine groups is 1. The van der Waals surface area contributed by atoms with Gasteiger partial charge in [0, 0.05) is 25.0 Å². The first-order valence-corrected chi connectivity index (χ1v) is 12.5. The highest BCUT2D eigenvalue weighted by Crippen LogP contribution is 2.28. The van der Waals surface area contributed by atoms with Gasteiger partial charge in [-0.2, -0.15) is 4.31 Å². The van der Waals surface area contributed by atoms with Gasteiger partial charge in [0.05, 0.1) is 4.90 Å². The summed E-state index contributed by atoms with van der Waals surface area (Å²) in [5.41, 5.74) is 8.03. The number of carbonyl (C=O) groups is 1. The molecule has 0 bridgehead atoms. The minimum atomic E-state index is -3.57. The summed E-state index contributed by atoms with van der Waals surface area (Å²) < 4.78 is 27.9. The third-order valence-electron chi connectivity index (χ3n) is 6.02. The van der Waals surface area contributed by atoms with Crippen LogP contribution in [0.5, 0.6) is 0 Å². The Bertz CT molecular complexity index is 880. The second-order valence-electron chi connectivity index (χ2n) is 8.48. The van der Waals surface area contributed by atoms with Gasteiger partial charge in [-0.05, 0) is 69.8 Å². The van der Waals surface area contributed by atoms with Crippen molar-refractivity contribution in [2.45, 2.75) is 70.2 Å². The zero-order valence-corrected chi connectivity index (χ0v) is 19.6. The van der Waals surface area contributed by atoms with E-state index in [-0.39, 0.29) is 11.8 Å². The summed E-state index contributed by atoms with van der Waals surface area (Å²) in [6.07, 6.45) is 5.58. The summed E-state index contributed by atoms with van der Waals surface area (Å²) in [5.74, 6) is -0.385. The molecule has 2 aliphatic rings. The van der Waals surface area contributed by atoms with E-state index in [0.29, 0.717) is 42.0 Å². The first-order chi connectivity index (χ1) is 14.2. The van der Waals surface area contributed by atoms with Crippen LogP contribution in [0.25, 0.3) is 0 Å². The van der Waals surface area contributed by atoms with E-state index in [2.05, 4.69) is 16.2 Å². The lowest BCUT2D eigenvalue weighted by Crippen LogP contribution is -2.52. The first-order valence-electron chi connectivity index (χ1n) is 10.6. The Kier molecular flexibility index (Phi) is 7.36. The molecule has 3 rings (SSSR count). The van der Waals surface area contributed by atoms with Crippen LogP contribution in [-0.4, -0.2) is 42.9 Å². The fraction of sp³-hybridized carbons (Fsp3) is 0.619. The number of hydrogen-bond donors (Lipinski definition) is 3. The molecular formula is C21H32N4O3S2. The van der Waals surface area contributed by atoms with E-state index in [1.807, 2.05) is 32.9 Å². The average Bonchev–Trinajstić information content (AvgIpc) is 3.18.